The highest BCUT2D eigenvalue weighted by atomic mass is 14.7. The SMILES string of the molecule is NCCC(N)CC1CCCCC1. The van der Waals surface area contributed by atoms with Crippen LogP contribution in [0.5, 0.6) is 0 Å². The van der Waals surface area contributed by atoms with Gasteiger partial charge in [-0.05, 0) is 25.3 Å². The highest BCUT2D eigenvalue weighted by molar-refractivity contribution is 4.72. The maximum atomic E-state index is 5.94. The van der Waals surface area contributed by atoms with Gasteiger partial charge in [0.2, 0.25) is 0 Å². The zero-order valence-corrected chi connectivity index (χ0v) is 7.97. The molecule has 12 heavy (non-hydrogen) atoms. The summed E-state index contributed by atoms with van der Waals surface area (Å²) in [5.74, 6) is 0.903. The van der Waals surface area contributed by atoms with Gasteiger partial charge in [-0.25, -0.2) is 0 Å². The number of nitrogens with two attached hydrogens (primary N) is 2. The maximum Gasteiger partial charge on any atom is 0.00534 e. The fourth-order valence-electron chi connectivity index (χ4n) is 2.18. The first-order chi connectivity index (χ1) is 5.83. The Morgan fingerprint density at radius 3 is 2.42 bits per heavy atom. The highest BCUT2D eigenvalue weighted by Crippen LogP contribution is 2.27. The second-order valence-corrected chi connectivity index (χ2v) is 4.08. The van der Waals surface area contributed by atoms with Crippen molar-refractivity contribution in [2.45, 2.75) is 51.0 Å². The molecule has 0 saturated heterocycles. The summed E-state index contributed by atoms with van der Waals surface area (Å²) in [7, 11) is 0. The number of hydrogen-bond donors (Lipinski definition) is 2. The Bertz CT molecular complexity index is 108. The molecule has 1 rings (SSSR count). The lowest BCUT2D eigenvalue weighted by atomic mass is 9.84. The number of rotatable bonds is 4. The van der Waals surface area contributed by atoms with Crippen molar-refractivity contribution in [3.8, 4) is 0 Å². The molecule has 0 heterocycles. The molecule has 1 aliphatic rings. The van der Waals surface area contributed by atoms with Crippen molar-refractivity contribution in [3.63, 3.8) is 0 Å². The van der Waals surface area contributed by atoms with Gasteiger partial charge in [0.25, 0.3) is 0 Å². The van der Waals surface area contributed by atoms with Gasteiger partial charge in [0, 0.05) is 6.04 Å². The zero-order valence-electron chi connectivity index (χ0n) is 7.97. The first-order valence-electron chi connectivity index (χ1n) is 5.28. The van der Waals surface area contributed by atoms with E-state index in [1.54, 1.807) is 0 Å². The van der Waals surface area contributed by atoms with Crippen LogP contribution in [0.4, 0.5) is 0 Å². The van der Waals surface area contributed by atoms with Crippen molar-refractivity contribution >= 4 is 0 Å². The summed E-state index contributed by atoms with van der Waals surface area (Å²) in [4.78, 5) is 0. The second kappa shape index (κ2) is 5.55. The third-order valence-electron chi connectivity index (χ3n) is 2.90. The summed E-state index contributed by atoms with van der Waals surface area (Å²) < 4.78 is 0. The van der Waals surface area contributed by atoms with E-state index in [1.807, 2.05) is 0 Å². The Morgan fingerprint density at radius 1 is 1.17 bits per heavy atom. The summed E-state index contributed by atoms with van der Waals surface area (Å²) >= 11 is 0. The van der Waals surface area contributed by atoms with Crippen LogP contribution >= 0.6 is 0 Å². The third-order valence-corrected chi connectivity index (χ3v) is 2.90. The summed E-state index contributed by atoms with van der Waals surface area (Å²) in [6.07, 6.45) is 9.27. The van der Waals surface area contributed by atoms with Gasteiger partial charge in [-0.2, -0.15) is 0 Å². The molecule has 4 N–H and O–H groups in total. The topological polar surface area (TPSA) is 52.0 Å². The van der Waals surface area contributed by atoms with Gasteiger partial charge in [0.1, 0.15) is 0 Å². The Morgan fingerprint density at radius 2 is 1.83 bits per heavy atom. The molecule has 72 valence electrons. The smallest absolute Gasteiger partial charge is 0.00534 e. The molecule has 1 atom stereocenters. The van der Waals surface area contributed by atoms with E-state index in [0.717, 1.165) is 18.9 Å². The predicted octanol–water partition coefficient (Wildman–Crippen LogP) is 1.63. The molecule has 2 nitrogen and oxygen atoms in total. The average Bonchev–Trinajstić information content (AvgIpc) is 2.06. The fourth-order valence-corrected chi connectivity index (χ4v) is 2.18. The van der Waals surface area contributed by atoms with Gasteiger partial charge in [-0.3, -0.25) is 0 Å². The highest BCUT2D eigenvalue weighted by Gasteiger charge is 2.15. The van der Waals surface area contributed by atoms with Crippen LogP contribution in [0.1, 0.15) is 44.9 Å². The Hall–Kier alpha value is -0.0800. The van der Waals surface area contributed by atoms with Crippen LogP contribution in [-0.2, 0) is 0 Å². The van der Waals surface area contributed by atoms with Crippen LogP contribution in [0.15, 0.2) is 0 Å². The first-order valence-corrected chi connectivity index (χ1v) is 5.28. The molecule has 0 aromatic rings. The molecule has 1 aliphatic carbocycles. The molecule has 1 saturated carbocycles. The van der Waals surface area contributed by atoms with Gasteiger partial charge in [-0.1, -0.05) is 32.1 Å². The van der Waals surface area contributed by atoms with Gasteiger partial charge in [-0.15, -0.1) is 0 Å². The van der Waals surface area contributed by atoms with E-state index in [9.17, 15) is 0 Å². The normalized spacial score (nSPS) is 22.5. The van der Waals surface area contributed by atoms with Gasteiger partial charge < -0.3 is 11.5 Å². The maximum absolute atomic E-state index is 5.94. The molecule has 0 aromatic carbocycles. The largest absolute Gasteiger partial charge is 0.330 e. The average molecular weight is 170 g/mol. The predicted molar refractivity (Wildman–Crippen MR) is 52.8 cm³/mol. The molecule has 0 bridgehead atoms. The minimum absolute atomic E-state index is 0.359. The van der Waals surface area contributed by atoms with Crippen LogP contribution in [0.2, 0.25) is 0 Å². The Kier molecular flexibility index (Phi) is 4.62. The lowest BCUT2D eigenvalue weighted by molar-refractivity contribution is 0.313. The Balaban J connectivity index is 2.11. The molecule has 0 aromatic heterocycles. The Labute approximate surface area is 75.7 Å². The van der Waals surface area contributed by atoms with Gasteiger partial charge >= 0.3 is 0 Å². The van der Waals surface area contributed by atoms with E-state index in [-0.39, 0.29) is 0 Å². The summed E-state index contributed by atoms with van der Waals surface area (Å²) in [6, 6.07) is 0.359. The van der Waals surface area contributed by atoms with E-state index in [1.165, 1.54) is 38.5 Å². The molecule has 0 aliphatic heterocycles. The molecule has 0 radical (unpaired) electrons. The monoisotopic (exact) mass is 170 g/mol. The molecule has 2 heteroatoms. The van der Waals surface area contributed by atoms with E-state index < -0.39 is 0 Å². The fraction of sp³-hybridized carbons (Fsp3) is 1.00. The molecule has 0 amide bonds. The van der Waals surface area contributed by atoms with Crippen LogP contribution in [0.3, 0.4) is 0 Å². The summed E-state index contributed by atoms with van der Waals surface area (Å²) in [6.45, 7) is 0.744. The van der Waals surface area contributed by atoms with E-state index in [0.29, 0.717) is 6.04 Å². The van der Waals surface area contributed by atoms with Gasteiger partial charge in [0.15, 0.2) is 0 Å². The van der Waals surface area contributed by atoms with Gasteiger partial charge in [0.05, 0.1) is 0 Å². The van der Waals surface area contributed by atoms with Crippen LogP contribution < -0.4 is 11.5 Å². The zero-order chi connectivity index (χ0) is 8.81. The van der Waals surface area contributed by atoms with Crippen molar-refractivity contribution < 1.29 is 0 Å². The molecule has 0 spiro atoms. The lowest BCUT2D eigenvalue weighted by Crippen LogP contribution is -2.27. The van der Waals surface area contributed by atoms with Crippen LogP contribution in [0, 0.1) is 5.92 Å². The molecule has 1 unspecified atom stereocenters. The second-order valence-electron chi connectivity index (χ2n) is 4.08. The summed E-state index contributed by atoms with van der Waals surface area (Å²) in [5.41, 5.74) is 11.4. The standard InChI is InChI=1S/C10H22N2/c11-7-6-10(12)8-9-4-2-1-3-5-9/h9-10H,1-8,11-12H2. The minimum atomic E-state index is 0.359. The van der Waals surface area contributed by atoms with Crippen molar-refractivity contribution in [2.75, 3.05) is 6.54 Å². The van der Waals surface area contributed by atoms with Crippen molar-refractivity contribution in [3.05, 3.63) is 0 Å². The van der Waals surface area contributed by atoms with E-state index in [4.69, 9.17) is 11.5 Å². The van der Waals surface area contributed by atoms with Crippen molar-refractivity contribution in [1.82, 2.24) is 0 Å². The molecule has 1 fully saturated rings. The van der Waals surface area contributed by atoms with Crippen molar-refractivity contribution in [1.29, 1.82) is 0 Å². The molecular weight excluding hydrogens is 148 g/mol. The molecular formula is C10H22N2. The third kappa shape index (κ3) is 3.55. The van der Waals surface area contributed by atoms with E-state index >= 15 is 0 Å². The lowest BCUT2D eigenvalue weighted by Gasteiger charge is -2.24. The van der Waals surface area contributed by atoms with Crippen LogP contribution in [-0.4, -0.2) is 12.6 Å². The van der Waals surface area contributed by atoms with Crippen LogP contribution in [0.25, 0.3) is 0 Å². The minimum Gasteiger partial charge on any atom is -0.330 e. The van der Waals surface area contributed by atoms with E-state index in [2.05, 4.69) is 0 Å². The van der Waals surface area contributed by atoms with Crippen molar-refractivity contribution in [2.24, 2.45) is 17.4 Å². The quantitative estimate of drug-likeness (QED) is 0.674. The first kappa shape index (κ1) is 10.0. The summed E-state index contributed by atoms with van der Waals surface area (Å²) in [5, 5.41) is 0. The number of hydrogen-bond acceptors (Lipinski definition) is 2.